The Kier molecular flexibility index (Phi) is 3.12. The van der Waals surface area contributed by atoms with Crippen LogP contribution in [0.5, 0.6) is 11.6 Å². The highest BCUT2D eigenvalue weighted by Crippen LogP contribution is 2.30. The molecule has 0 spiro atoms. The number of nitrogens with zero attached hydrogens (tertiary/aromatic N) is 2. The van der Waals surface area contributed by atoms with Crippen molar-refractivity contribution in [3.05, 3.63) is 40.5 Å². The summed E-state index contributed by atoms with van der Waals surface area (Å²) in [6.45, 7) is 0. The number of aromatic nitrogens is 2. The van der Waals surface area contributed by atoms with E-state index >= 15 is 0 Å². The van der Waals surface area contributed by atoms with Gasteiger partial charge in [-0.1, -0.05) is 23.2 Å². The molecule has 0 fully saturated rings. The first-order valence-corrected chi connectivity index (χ1v) is 5.12. The van der Waals surface area contributed by atoms with Gasteiger partial charge >= 0.3 is 0 Å². The van der Waals surface area contributed by atoms with Gasteiger partial charge in [-0.15, -0.1) is 0 Å². The summed E-state index contributed by atoms with van der Waals surface area (Å²) in [5, 5.41) is 0.948. The highest BCUT2D eigenvalue weighted by Gasteiger charge is 2.05. The van der Waals surface area contributed by atoms with E-state index in [1.54, 1.807) is 24.3 Å². The summed E-state index contributed by atoms with van der Waals surface area (Å²) in [4.78, 5) is 7.64. The molecular formula is C10H7Cl2N3O. The standard InChI is InChI=1S/C10H7Cl2N3O/c11-6-1-2-8(7(12)5-6)16-9-3-4-14-10(13)15-9/h1-5H,(H2,13,14,15). The summed E-state index contributed by atoms with van der Waals surface area (Å²) in [7, 11) is 0. The molecule has 2 aromatic rings. The molecule has 0 aliphatic rings. The molecule has 2 rings (SSSR count). The lowest BCUT2D eigenvalue weighted by Gasteiger charge is -2.06. The molecule has 0 amide bonds. The minimum atomic E-state index is 0.141. The average molecular weight is 256 g/mol. The van der Waals surface area contributed by atoms with Crippen molar-refractivity contribution in [2.75, 3.05) is 5.73 Å². The van der Waals surface area contributed by atoms with E-state index in [0.717, 1.165) is 0 Å². The first-order valence-electron chi connectivity index (χ1n) is 4.36. The van der Waals surface area contributed by atoms with Gasteiger partial charge in [0.25, 0.3) is 0 Å². The van der Waals surface area contributed by atoms with Gasteiger partial charge in [-0.25, -0.2) is 4.98 Å². The number of rotatable bonds is 2. The van der Waals surface area contributed by atoms with Crippen LogP contribution in [0.3, 0.4) is 0 Å². The van der Waals surface area contributed by atoms with E-state index in [1.165, 1.54) is 6.20 Å². The second-order valence-electron chi connectivity index (χ2n) is 2.93. The number of hydrogen-bond donors (Lipinski definition) is 1. The normalized spacial score (nSPS) is 10.1. The van der Waals surface area contributed by atoms with E-state index in [0.29, 0.717) is 21.7 Å². The molecule has 0 saturated carbocycles. The maximum Gasteiger partial charge on any atom is 0.224 e. The number of halogens is 2. The van der Waals surface area contributed by atoms with E-state index in [2.05, 4.69) is 9.97 Å². The Morgan fingerprint density at radius 1 is 1.19 bits per heavy atom. The van der Waals surface area contributed by atoms with Gasteiger partial charge in [0.1, 0.15) is 5.75 Å². The monoisotopic (exact) mass is 255 g/mol. The van der Waals surface area contributed by atoms with Crippen molar-refractivity contribution >= 4 is 29.2 Å². The molecule has 0 aliphatic heterocycles. The molecule has 0 radical (unpaired) electrons. The molecule has 6 heteroatoms. The topological polar surface area (TPSA) is 61.0 Å². The van der Waals surface area contributed by atoms with Crippen LogP contribution in [0.15, 0.2) is 30.5 Å². The van der Waals surface area contributed by atoms with E-state index in [1.807, 2.05) is 0 Å². The third kappa shape index (κ3) is 2.53. The zero-order valence-corrected chi connectivity index (χ0v) is 9.53. The van der Waals surface area contributed by atoms with Gasteiger partial charge in [0.15, 0.2) is 0 Å². The van der Waals surface area contributed by atoms with Crippen LogP contribution in [-0.2, 0) is 0 Å². The molecule has 1 aromatic heterocycles. The third-order valence-corrected chi connectivity index (χ3v) is 2.29. The molecule has 82 valence electrons. The SMILES string of the molecule is Nc1nccc(Oc2ccc(Cl)cc2Cl)n1. The second kappa shape index (κ2) is 4.55. The highest BCUT2D eigenvalue weighted by molar-refractivity contribution is 6.35. The predicted octanol–water partition coefficient (Wildman–Crippen LogP) is 3.16. The fraction of sp³-hybridized carbons (Fsp3) is 0. The minimum Gasteiger partial charge on any atom is -0.437 e. The van der Waals surface area contributed by atoms with Crippen molar-refractivity contribution in [3.63, 3.8) is 0 Å². The molecule has 1 heterocycles. The van der Waals surface area contributed by atoms with Gasteiger partial charge in [0, 0.05) is 17.3 Å². The molecule has 16 heavy (non-hydrogen) atoms. The van der Waals surface area contributed by atoms with Gasteiger partial charge in [0.05, 0.1) is 5.02 Å². The molecule has 0 unspecified atom stereocenters. The number of benzene rings is 1. The van der Waals surface area contributed by atoms with Crippen molar-refractivity contribution in [2.24, 2.45) is 0 Å². The van der Waals surface area contributed by atoms with Crippen molar-refractivity contribution < 1.29 is 4.74 Å². The number of ether oxygens (including phenoxy) is 1. The van der Waals surface area contributed by atoms with Gasteiger partial charge in [0.2, 0.25) is 11.8 Å². The maximum absolute atomic E-state index is 5.94. The molecule has 4 nitrogen and oxygen atoms in total. The zero-order chi connectivity index (χ0) is 11.5. The number of anilines is 1. The molecule has 1 aromatic carbocycles. The molecule has 0 atom stereocenters. The van der Waals surface area contributed by atoms with E-state index in [9.17, 15) is 0 Å². The molecule has 0 aliphatic carbocycles. The van der Waals surface area contributed by atoms with E-state index in [-0.39, 0.29) is 5.95 Å². The van der Waals surface area contributed by atoms with Crippen LogP contribution in [0, 0.1) is 0 Å². The minimum absolute atomic E-state index is 0.141. The van der Waals surface area contributed by atoms with Crippen LogP contribution >= 0.6 is 23.2 Å². The lowest BCUT2D eigenvalue weighted by atomic mass is 10.3. The van der Waals surface area contributed by atoms with Crippen LogP contribution in [0.4, 0.5) is 5.95 Å². The first kappa shape index (κ1) is 11.0. The number of nitrogen functional groups attached to an aromatic ring is 1. The van der Waals surface area contributed by atoms with Gasteiger partial charge < -0.3 is 10.5 Å². The lowest BCUT2D eigenvalue weighted by Crippen LogP contribution is -1.96. The molecule has 2 N–H and O–H groups in total. The summed E-state index contributed by atoms with van der Waals surface area (Å²) in [6, 6.07) is 6.50. The summed E-state index contributed by atoms with van der Waals surface area (Å²) in [5.74, 6) is 0.934. The molecule has 0 bridgehead atoms. The number of hydrogen-bond acceptors (Lipinski definition) is 4. The summed E-state index contributed by atoms with van der Waals surface area (Å²) >= 11 is 11.7. The van der Waals surface area contributed by atoms with Gasteiger partial charge in [-0.3, -0.25) is 0 Å². The van der Waals surface area contributed by atoms with Gasteiger partial charge in [-0.05, 0) is 18.2 Å². The van der Waals surface area contributed by atoms with Crippen molar-refractivity contribution in [1.82, 2.24) is 9.97 Å². The smallest absolute Gasteiger partial charge is 0.224 e. The Hall–Kier alpha value is -1.52. The van der Waals surface area contributed by atoms with Crippen LogP contribution in [0.2, 0.25) is 10.0 Å². The second-order valence-corrected chi connectivity index (χ2v) is 3.77. The van der Waals surface area contributed by atoms with Crippen molar-refractivity contribution in [1.29, 1.82) is 0 Å². The maximum atomic E-state index is 5.94. The molecule has 0 saturated heterocycles. The highest BCUT2D eigenvalue weighted by atomic mass is 35.5. The zero-order valence-electron chi connectivity index (χ0n) is 8.02. The summed E-state index contributed by atoms with van der Waals surface area (Å²) < 4.78 is 5.42. The van der Waals surface area contributed by atoms with E-state index in [4.69, 9.17) is 33.7 Å². The Morgan fingerprint density at radius 3 is 2.69 bits per heavy atom. The van der Waals surface area contributed by atoms with Crippen molar-refractivity contribution in [3.8, 4) is 11.6 Å². The Morgan fingerprint density at radius 2 is 2.00 bits per heavy atom. The summed E-state index contributed by atoms with van der Waals surface area (Å²) in [6.07, 6.45) is 1.50. The fourth-order valence-corrected chi connectivity index (χ4v) is 1.53. The Labute approximate surface area is 102 Å². The van der Waals surface area contributed by atoms with Gasteiger partial charge in [-0.2, -0.15) is 4.98 Å². The van der Waals surface area contributed by atoms with Crippen LogP contribution in [0.1, 0.15) is 0 Å². The quantitative estimate of drug-likeness (QED) is 0.896. The average Bonchev–Trinajstić information content (AvgIpc) is 2.22. The summed E-state index contributed by atoms with van der Waals surface area (Å²) in [5.41, 5.74) is 5.42. The van der Waals surface area contributed by atoms with Crippen LogP contribution in [0.25, 0.3) is 0 Å². The van der Waals surface area contributed by atoms with Crippen molar-refractivity contribution in [2.45, 2.75) is 0 Å². The third-order valence-electron chi connectivity index (χ3n) is 1.76. The Balaban J connectivity index is 2.27. The van der Waals surface area contributed by atoms with Crippen LogP contribution in [-0.4, -0.2) is 9.97 Å². The largest absolute Gasteiger partial charge is 0.437 e. The predicted molar refractivity (Wildman–Crippen MR) is 63.0 cm³/mol. The van der Waals surface area contributed by atoms with Crippen LogP contribution < -0.4 is 10.5 Å². The number of nitrogens with two attached hydrogens (primary N) is 1. The lowest BCUT2D eigenvalue weighted by molar-refractivity contribution is 0.463. The molecular weight excluding hydrogens is 249 g/mol. The fourth-order valence-electron chi connectivity index (χ4n) is 1.08. The Bertz CT molecular complexity index is 519. The first-order chi connectivity index (χ1) is 7.65. The van der Waals surface area contributed by atoms with E-state index < -0.39 is 0 Å².